The fourth-order valence-corrected chi connectivity index (χ4v) is 2.65. The summed E-state index contributed by atoms with van der Waals surface area (Å²) >= 11 is 6.05. The van der Waals surface area contributed by atoms with E-state index < -0.39 is 0 Å². The molecule has 0 bridgehead atoms. The molecule has 4 rings (SSSR count). The van der Waals surface area contributed by atoms with E-state index in [9.17, 15) is 0 Å². The molecule has 20 heavy (non-hydrogen) atoms. The van der Waals surface area contributed by atoms with Gasteiger partial charge in [0.15, 0.2) is 0 Å². The molecule has 2 heterocycles. The Hall–Kier alpha value is -2.32. The van der Waals surface area contributed by atoms with Gasteiger partial charge < -0.3 is 4.98 Å². The van der Waals surface area contributed by atoms with Crippen molar-refractivity contribution in [3.8, 4) is 11.1 Å². The first-order valence-electron chi connectivity index (χ1n) is 6.35. The first kappa shape index (κ1) is 11.5. The number of hydrogen-bond donors (Lipinski definition) is 1. The molecule has 1 radical (unpaired) electrons. The predicted molar refractivity (Wildman–Crippen MR) is 82.9 cm³/mol. The van der Waals surface area contributed by atoms with Gasteiger partial charge in [0.2, 0.25) is 0 Å². The normalized spacial score (nSPS) is 11.2. The number of aromatic amines is 1. The lowest BCUT2D eigenvalue weighted by Gasteiger charge is -2.01. The van der Waals surface area contributed by atoms with Gasteiger partial charge in [0.1, 0.15) is 5.65 Å². The first-order chi connectivity index (χ1) is 9.81. The molecule has 2 nitrogen and oxygen atoms in total. The Morgan fingerprint density at radius 1 is 1.05 bits per heavy atom. The number of fused-ring (bicyclic) bond motifs is 3. The fraction of sp³-hybridized carbons (Fsp3) is 0. The molecule has 1 N–H and O–H groups in total. The maximum absolute atomic E-state index is 6.05. The Kier molecular flexibility index (Phi) is 2.51. The number of pyridine rings is 1. The van der Waals surface area contributed by atoms with Gasteiger partial charge in [0, 0.05) is 22.5 Å². The number of H-pyrrole nitrogens is 1. The third-order valence-corrected chi connectivity index (χ3v) is 3.64. The highest BCUT2D eigenvalue weighted by Crippen LogP contribution is 2.30. The third kappa shape index (κ3) is 1.77. The highest BCUT2D eigenvalue weighted by molar-refractivity contribution is 6.31. The second-order valence-corrected chi connectivity index (χ2v) is 5.15. The number of nitrogens with one attached hydrogen (secondary N) is 1. The van der Waals surface area contributed by atoms with E-state index in [0.717, 1.165) is 33.1 Å². The number of benzene rings is 2. The largest absolute Gasteiger partial charge is 0.339 e. The van der Waals surface area contributed by atoms with Crippen LogP contribution in [0.5, 0.6) is 0 Å². The van der Waals surface area contributed by atoms with Gasteiger partial charge in [-0.15, -0.1) is 0 Å². The number of aromatic nitrogens is 2. The summed E-state index contributed by atoms with van der Waals surface area (Å²) in [5, 5.41) is 2.82. The molecule has 0 aliphatic carbocycles. The Morgan fingerprint density at radius 3 is 2.85 bits per heavy atom. The Balaban J connectivity index is 2.03. The monoisotopic (exact) mass is 277 g/mol. The summed E-state index contributed by atoms with van der Waals surface area (Å²) in [6.07, 6.45) is 1.66. The Morgan fingerprint density at radius 2 is 2.00 bits per heavy atom. The molecule has 0 aliphatic rings. The molecule has 0 amide bonds. The minimum atomic E-state index is 0.648. The molecule has 0 saturated heterocycles. The summed E-state index contributed by atoms with van der Waals surface area (Å²) in [5.41, 5.74) is 4.14. The zero-order chi connectivity index (χ0) is 13.5. The molecule has 2 aromatic carbocycles. The van der Waals surface area contributed by atoms with Crippen molar-refractivity contribution >= 4 is 33.5 Å². The van der Waals surface area contributed by atoms with Crippen LogP contribution in [-0.4, -0.2) is 9.97 Å². The van der Waals surface area contributed by atoms with E-state index in [1.807, 2.05) is 24.3 Å². The lowest BCUT2D eigenvalue weighted by molar-refractivity contribution is 1.35. The van der Waals surface area contributed by atoms with E-state index in [2.05, 4.69) is 40.3 Å². The fourth-order valence-electron chi connectivity index (χ4n) is 2.49. The number of nitrogens with zero attached hydrogens (tertiary/aromatic N) is 1. The lowest BCUT2D eigenvalue weighted by atomic mass is 10.0. The van der Waals surface area contributed by atoms with E-state index in [0.29, 0.717) is 5.02 Å². The second kappa shape index (κ2) is 4.36. The molecule has 0 aliphatic heterocycles. The van der Waals surface area contributed by atoms with Crippen molar-refractivity contribution < 1.29 is 0 Å². The summed E-state index contributed by atoms with van der Waals surface area (Å²) in [7, 11) is 0. The van der Waals surface area contributed by atoms with E-state index in [1.54, 1.807) is 6.20 Å². The molecular weight excluding hydrogens is 268 g/mol. The average Bonchev–Trinajstić information content (AvgIpc) is 2.85. The van der Waals surface area contributed by atoms with Gasteiger partial charge >= 0.3 is 0 Å². The number of hydrogen-bond acceptors (Lipinski definition) is 1. The van der Waals surface area contributed by atoms with Crippen LogP contribution >= 0.6 is 11.6 Å². The molecule has 4 aromatic rings. The van der Waals surface area contributed by atoms with Gasteiger partial charge in [0.05, 0.1) is 5.02 Å². The number of halogens is 1. The maximum Gasteiger partial charge on any atom is 0.138 e. The van der Waals surface area contributed by atoms with E-state index >= 15 is 0 Å². The summed E-state index contributed by atoms with van der Waals surface area (Å²) < 4.78 is 0. The SMILES string of the molecule is Clc1cnc2[nH]c3ccc(-c4[c]cccc4)cc3c2c1. The van der Waals surface area contributed by atoms with Crippen LogP contribution in [0.15, 0.2) is 54.7 Å². The van der Waals surface area contributed by atoms with Gasteiger partial charge in [-0.25, -0.2) is 4.98 Å². The molecule has 0 spiro atoms. The molecule has 0 fully saturated rings. The van der Waals surface area contributed by atoms with E-state index in [1.165, 1.54) is 0 Å². The summed E-state index contributed by atoms with van der Waals surface area (Å²) in [6.45, 7) is 0. The zero-order valence-electron chi connectivity index (χ0n) is 10.5. The van der Waals surface area contributed by atoms with E-state index in [4.69, 9.17) is 11.6 Å². The first-order valence-corrected chi connectivity index (χ1v) is 6.73. The lowest BCUT2D eigenvalue weighted by Crippen LogP contribution is -1.77. The van der Waals surface area contributed by atoms with Crippen molar-refractivity contribution in [3.05, 3.63) is 65.8 Å². The molecule has 0 unspecified atom stereocenters. The van der Waals surface area contributed by atoms with Gasteiger partial charge in [-0.1, -0.05) is 41.9 Å². The van der Waals surface area contributed by atoms with Gasteiger partial charge in [0.25, 0.3) is 0 Å². The van der Waals surface area contributed by atoms with Crippen LogP contribution in [-0.2, 0) is 0 Å². The zero-order valence-corrected chi connectivity index (χ0v) is 11.3. The average molecular weight is 278 g/mol. The van der Waals surface area contributed by atoms with Crippen molar-refractivity contribution in [2.24, 2.45) is 0 Å². The van der Waals surface area contributed by atoms with Crippen LogP contribution < -0.4 is 0 Å². The molecular formula is C17H10ClN2. The minimum Gasteiger partial charge on any atom is -0.339 e. The van der Waals surface area contributed by atoms with Crippen molar-refractivity contribution in [3.63, 3.8) is 0 Å². The highest BCUT2D eigenvalue weighted by Gasteiger charge is 2.07. The van der Waals surface area contributed by atoms with Crippen LogP contribution in [0.2, 0.25) is 5.02 Å². The van der Waals surface area contributed by atoms with E-state index in [-0.39, 0.29) is 0 Å². The summed E-state index contributed by atoms with van der Waals surface area (Å²) in [4.78, 5) is 7.63. The molecule has 95 valence electrons. The highest BCUT2D eigenvalue weighted by atomic mass is 35.5. The summed E-state index contributed by atoms with van der Waals surface area (Å²) in [5.74, 6) is 0. The van der Waals surface area contributed by atoms with Gasteiger partial charge in [-0.3, -0.25) is 0 Å². The standard InChI is InChI=1S/C17H10ClN2/c18-13-9-15-14-8-12(11-4-2-1-3-5-11)6-7-16(14)20-17(15)19-10-13/h1-4,6-10H,(H,19,20). The minimum absolute atomic E-state index is 0.648. The maximum atomic E-state index is 6.05. The van der Waals surface area contributed by atoms with Crippen molar-refractivity contribution in [1.29, 1.82) is 0 Å². The van der Waals surface area contributed by atoms with Gasteiger partial charge in [-0.2, -0.15) is 0 Å². The van der Waals surface area contributed by atoms with Crippen molar-refractivity contribution in [1.82, 2.24) is 9.97 Å². The van der Waals surface area contributed by atoms with Crippen LogP contribution in [0, 0.1) is 6.07 Å². The van der Waals surface area contributed by atoms with Gasteiger partial charge in [-0.05, 0) is 35.4 Å². The van der Waals surface area contributed by atoms with Crippen molar-refractivity contribution in [2.75, 3.05) is 0 Å². The Bertz CT molecular complexity index is 910. The predicted octanol–water partition coefficient (Wildman–Crippen LogP) is 4.84. The topological polar surface area (TPSA) is 28.7 Å². The smallest absolute Gasteiger partial charge is 0.138 e. The van der Waals surface area contributed by atoms with Crippen LogP contribution in [0.25, 0.3) is 33.1 Å². The quantitative estimate of drug-likeness (QED) is 0.530. The summed E-state index contributed by atoms with van der Waals surface area (Å²) in [6, 6.07) is 19.5. The van der Waals surface area contributed by atoms with Crippen LogP contribution in [0.1, 0.15) is 0 Å². The van der Waals surface area contributed by atoms with Crippen LogP contribution in [0.4, 0.5) is 0 Å². The Labute approximate surface area is 121 Å². The number of rotatable bonds is 1. The molecule has 0 saturated carbocycles. The molecule has 3 heteroatoms. The molecule has 2 aromatic heterocycles. The molecule has 0 atom stereocenters. The third-order valence-electron chi connectivity index (χ3n) is 3.44. The van der Waals surface area contributed by atoms with Crippen LogP contribution in [0.3, 0.4) is 0 Å². The second-order valence-electron chi connectivity index (χ2n) is 4.71. The van der Waals surface area contributed by atoms with Crippen molar-refractivity contribution in [2.45, 2.75) is 0 Å².